The molecule has 0 radical (unpaired) electrons. The molecule has 2 aliphatic rings. The Kier molecular flexibility index (Phi) is 5.98. The van der Waals surface area contributed by atoms with Crippen LogP contribution in [0.15, 0.2) is 0 Å². The first-order valence-electron chi connectivity index (χ1n) is 9.56. The lowest BCUT2D eigenvalue weighted by atomic mass is 9.61. The lowest BCUT2D eigenvalue weighted by Gasteiger charge is -2.60. The van der Waals surface area contributed by atoms with Crippen LogP contribution < -0.4 is 4.72 Å². The summed E-state index contributed by atoms with van der Waals surface area (Å²) in [5, 5.41) is 0. The predicted molar refractivity (Wildman–Crippen MR) is 104 cm³/mol. The van der Waals surface area contributed by atoms with Gasteiger partial charge >= 0.3 is 22.4 Å². The van der Waals surface area contributed by atoms with Crippen molar-refractivity contribution in [3.05, 3.63) is 0 Å². The van der Waals surface area contributed by atoms with E-state index in [-0.39, 0.29) is 24.1 Å². The minimum atomic E-state index is -3.99. The summed E-state index contributed by atoms with van der Waals surface area (Å²) in [7, 11) is -3.99. The second-order valence-corrected chi connectivity index (χ2v) is 11.3. The number of rotatable bonds is 4. The van der Waals surface area contributed by atoms with Crippen molar-refractivity contribution in [1.82, 2.24) is 13.9 Å². The van der Waals surface area contributed by atoms with Gasteiger partial charge in [0.1, 0.15) is 11.2 Å². The molecule has 0 bridgehead atoms. The molecule has 9 nitrogen and oxygen atoms in total. The third-order valence-corrected chi connectivity index (χ3v) is 6.28. The predicted octanol–water partition coefficient (Wildman–Crippen LogP) is 2.48. The van der Waals surface area contributed by atoms with Gasteiger partial charge in [0.15, 0.2) is 0 Å². The van der Waals surface area contributed by atoms with Crippen molar-refractivity contribution in [2.45, 2.75) is 78.6 Å². The third-order valence-electron chi connectivity index (χ3n) is 4.68. The van der Waals surface area contributed by atoms with Crippen molar-refractivity contribution in [3.8, 4) is 0 Å². The van der Waals surface area contributed by atoms with E-state index in [4.69, 9.17) is 9.47 Å². The molecule has 0 aromatic heterocycles. The van der Waals surface area contributed by atoms with Gasteiger partial charge < -0.3 is 14.4 Å². The first kappa shape index (κ1) is 22.7. The average Bonchev–Trinajstić information content (AvgIpc) is 2.33. The summed E-state index contributed by atoms with van der Waals surface area (Å²) in [6, 6.07) is -0.203. The maximum Gasteiger partial charge on any atom is 0.422 e. The Morgan fingerprint density at radius 3 is 2.00 bits per heavy atom. The van der Waals surface area contributed by atoms with Crippen LogP contribution >= 0.6 is 0 Å². The van der Waals surface area contributed by atoms with Gasteiger partial charge in [0.25, 0.3) is 0 Å². The molecule has 2 rings (SSSR count). The van der Waals surface area contributed by atoms with Gasteiger partial charge in [-0.1, -0.05) is 6.92 Å². The van der Waals surface area contributed by atoms with Gasteiger partial charge in [-0.15, -0.1) is 0 Å². The van der Waals surface area contributed by atoms with Crippen molar-refractivity contribution in [2.24, 2.45) is 5.41 Å². The van der Waals surface area contributed by atoms with E-state index in [1.54, 1.807) is 32.6 Å². The number of carbonyl (C=O) groups excluding carboxylic acids is 2. The van der Waals surface area contributed by atoms with Gasteiger partial charge in [0.2, 0.25) is 0 Å². The largest absolute Gasteiger partial charge is 0.444 e. The first-order chi connectivity index (χ1) is 12.6. The molecule has 1 saturated carbocycles. The summed E-state index contributed by atoms with van der Waals surface area (Å²) in [4.78, 5) is 25.6. The lowest BCUT2D eigenvalue weighted by molar-refractivity contribution is -0.0947. The quantitative estimate of drug-likeness (QED) is 0.750. The van der Waals surface area contributed by atoms with E-state index in [0.29, 0.717) is 25.9 Å². The Morgan fingerprint density at radius 2 is 1.57 bits per heavy atom. The Bertz CT molecular complexity index is 709. The lowest BCUT2D eigenvalue weighted by Crippen LogP contribution is -2.68. The smallest absolute Gasteiger partial charge is 0.422 e. The van der Waals surface area contributed by atoms with Crippen molar-refractivity contribution >= 4 is 22.4 Å². The highest BCUT2D eigenvalue weighted by atomic mass is 32.2. The summed E-state index contributed by atoms with van der Waals surface area (Å²) < 4.78 is 38.8. The molecule has 1 N–H and O–H groups in total. The molecular weight excluding hydrogens is 386 g/mol. The maximum atomic E-state index is 12.6. The standard InChI is InChI=1S/C18H33N3O6S/c1-8-21(28(24,25)19-14(22)26-16(2,3)4)13-9-18(10-13)11-20(12-18)15(23)27-17(5,6)7/h13H,8-12H2,1-7H3,(H,19,22). The van der Waals surface area contributed by atoms with Crippen LogP contribution in [0.2, 0.25) is 0 Å². The van der Waals surface area contributed by atoms with Gasteiger partial charge in [0, 0.05) is 31.1 Å². The third kappa shape index (κ3) is 5.50. The van der Waals surface area contributed by atoms with Gasteiger partial charge in [-0.25, -0.2) is 14.3 Å². The molecule has 0 aromatic carbocycles. The highest BCUT2D eigenvalue weighted by Gasteiger charge is 2.57. The fourth-order valence-corrected chi connectivity index (χ4v) is 4.96. The molecule has 0 aromatic rings. The molecule has 0 unspecified atom stereocenters. The van der Waals surface area contributed by atoms with Gasteiger partial charge in [-0.3, -0.25) is 0 Å². The van der Waals surface area contributed by atoms with Crippen molar-refractivity contribution in [1.29, 1.82) is 0 Å². The maximum absolute atomic E-state index is 12.6. The zero-order chi connectivity index (χ0) is 21.5. The fraction of sp³-hybridized carbons (Fsp3) is 0.889. The normalized spacial score (nSPS) is 19.8. The minimum Gasteiger partial charge on any atom is -0.444 e. The van der Waals surface area contributed by atoms with E-state index in [1.807, 2.05) is 25.5 Å². The minimum absolute atomic E-state index is 0.0591. The Hall–Kier alpha value is -1.55. The van der Waals surface area contributed by atoms with Crippen LogP contribution in [0.4, 0.5) is 9.59 Å². The van der Waals surface area contributed by atoms with E-state index < -0.39 is 27.5 Å². The second kappa shape index (κ2) is 7.37. The highest BCUT2D eigenvalue weighted by molar-refractivity contribution is 7.87. The van der Waals surface area contributed by atoms with Gasteiger partial charge in [-0.2, -0.15) is 12.7 Å². The number of ether oxygens (including phenoxy) is 2. The molecule has 2 fully saturated rings. The molecule has 1 aliphatic heterocycles. The average molecular weight is 420 g/mol. The number of likely N-dealkylation sites (tertiary alicyclic amines) is 1. The molecule has 2 amide bonds. The van der Waals surface area contributed by atoms with Crippen LogP contribution in [0.1, 0.15) is 61.3 Å². The summed E-state index contributed by atoms with van der Waals surface area (Å²) >= 11 is 0. The Morgan fingerprint density at radius 1 is 1.07 bits per heavy atom. The zero-order valence-corrected chi connectivity index (χ0v) is 18.7. The van der Waals surface area contributed by atoms with Crippen LogP contribution in [0.3, 0.4) is 0 Å². The Labute approximate surface area is 167 Å². The fourth-order valence-electron chi connectivity index (χ4n) is 3.71. The summed E-state index contributed by atoms with van der Waals surface area (Å²) in [6.45, 7) is 13.6. The number of carbonyl (C=O) groups is 2. The number of nitrogens with one attached hydrogen (secondary N) is 1. The van der Waals surface area contributed by atoms with E-state index in [2.05, 4.69) is 0 Å². The molecule has 0 atom stereocenters. The SMILES string of the molecule is CCN(C1CC2(C1)CN(C(=O)OC(C)(C)C)C2)S(=O)(=O)NC(=O)OC(C)(C)C. The number of hydrogen-bond donors (Lipinski definition) is 1. The monoisotopic (exact) mass is 419 g/mol. The molecule has 1 aliphatic carbocycles. The van der Waals surface area contributed by atoms with E-state index in [9.17, 15) is 18.0 Å². The van der Waals surface area contributed by atoms with Crippen molar-refractivity contribution in [3.63, 3.8) is 0 Å². The van der Waals surface area contributed by atoms with Crippen LogP contribution in [-0.2, 0) is 19.7 Å². The number of nitrogens with zero attached hydrogens (tertiary/aromatic N) is 2. The molecular formula is C18H33N3O6S. The van der Waals surface area contributed by atoms with Gasteiger partial charge in [0.05, 0.1) is 0 Å². The van der Waals surface area contributed by atoms with Crippen LogP contribution in [0, 0.1) is 5.41 Å². The summed E-state index contributed by atoms with van der Waals surface area (Å²) in [5.41, 5.74) is -1.38. The van der Waals surface area contributed by atoms with Crippen LogP contribution in [0.25, 0.3) is 0 Å². The molecule has 1 spiro atoms. The van der Waals surface area contributed by atoms with E-state index >= 15 is 0 Å². The number of hydrogen-bond acceptors (Lipinski definition) is 6. The van der Waals surface area contributed by atoms with Gasteiger partial charge in [-0.05, 0) is 54.4 Å². The summed E-state index contributed by atoms with van der Waals surface area (Å²) in [5.74, 6) is 0. The first-order valence-corrected chi connectivity index (χ1v) is 11.0. The van der Waals surface area contributed by atoms with E-state index in [0.717, 1.165) is 0 Å². The van der Waals surface area contributed by atoms with Crippen molar-refractivity contribution < 1.29 is 27.5 Å². The van der Waals surface area contributed by atoms with Crippen LogP contribution in [0.5, 0.6) is 0 Å². The molecule has 28 heavy (non-hydrogen) atoms. The van der Waals surface area contributed by atoms with Crippen LogP contribution in [-0.4, -0.2) is 66.7 Å². The molecule has 10 heteroatoms. The van der Waals surface area contributed by atoms with Crippen molar-refractivity contribution in [2.75, 3.05) is 19.6 Å². The van der Waals surface area contributed by atoms with E-state index in [1.165, 1.54) is 4.31 Å². The topological polar surface area (TPSA) is 105 Å². The zero-order valence-electron chi connectivity index (χ0n) is 17.9. The molecule has 1 heterocycles. The molecule has 1 saturated heterocycles. The molecule has 162 valence electrons. The summed E-state index contributed by atoms with van der Waals surface area (Å²) in [6.07, 6.45) is -0.0297. The highest BCUT2D eigenvalue weighted by Crippen LogP contribution is 2.50. The number of amides is 2. The second-order valence-electron chi connectivity index (χ2n) is 9.71. The Balaban J connectivity index is 1.88.